The van der Waals surface area contributed by atoms with Crippen molar-refractivity contribution in [1.29, 1.82) is 0 Å². The highest BCUT2D eigenvalue weighted by Gasteiger charge is 2.34. The number of anilines is 1. The maximum Gasteiger partial charge on any atom is 0.433 e. The molecule has 0 atom stereocenters. The van der Waals surface area contributed by atoms with Crippen LogP contribution in [0.5, 0.6) is 0 Å². The molecule has 2 aromatic rings. The van der Waals surface area contributed by atoms with Crippen molar-refractivity contribution < 1.29 is 18.1 Å². The van der Waals surface area contributed by atoms with E-state index >= 15 is 0 Å². The van der Waals surface area contributed by atoms with E-state index in [-0.39, 0.29) is 17.1 Å². The summed E-state index contributed by atoms with van der Waals surface area (Å²) in [6.45, 7) is -0.0547. The number of H-pyrrole nitrogens is 1. The summed E-state index contributed by atoms with van der Waals surface area (Å²) in [4.78, 5) is 26.0. The summed E-state index contributed by atoms with van der Waals surface area (Å²) in [5, 5.41) is 14.7. The summed E-state index contributed by atoms with van der Waals surface area (Å²) in [5.74, 6) is 0. The lowest BCUT2D eigenvalue weighted by Gasteiger charge is -2.09. The van der Waals surface area contributed by atoms with Crippen molar-refractivity contribution in [2.45, 2.75) is 12.7 Å². The van der Waals surface area contributed by atoms with Gasteiger partial charge in [0.05, 0.1) is 11.5 Å². The summed E-state index contributed by atoms with van der Waals surface area (Å²) >= 11 is 0.880. The van der Waals surface area contributed by atoms with Gasteiger partial charge in [-0.05, 0) is 6.07 Å². The molecule has 0 radical (unpaired) electrons. The second-order valence-corrected chi connectivity index (χ2v) is 4.71. The van der Waals surface area contributed by atoms with Gasteiger partial charge in [0.1, 0.15) is 17.6 Å². The molecule has 0 bridgehead atoms. The van der Waals surface area contributed by atoms with Gasteiger partial charge in [0.15, 0.2) is 0 Å². The Bertz CT molecular complexity index is 725. The van der Waals surface area contributed by atoms with Gasteiger partial charge in [-0.2, -0.15) is 13.2 Å². The zero-order valence-electron chi connectivity index (χ0n) is 10.1. The minimum Gasteiger partial charge on any atom is -0.374 e. The molecule has 0 fully saturated rings. The number of halogens is 3. The Morgan fingerprint density at radius 2 is 2.19 bits per heavy atom. The average molecular weight is 320 g/mol. The van der Waals surface area contributed by atoms with E-state index in [0.29, 0.717) is 18.0 Å². The number of nitrogens with zero attached hydrogens (tertiary/aromatic N) is 2. The third kappa shape index (κ3) is 3.56. The number of thiazole rings is 1. The van der Waals surface area contributed by atoms with Gasteiger partial charge in [0, 0.05) is 11.1 Å². The molecule has 0 aromatic carbocycles. The van der Waals surface area contributed by atoms with Crippen LogP contribution in [0.4, 0.5) is 24.5 Å². The largest absolute Gasteiger partial charge is 0.433 e. The molecule has 0 aliphatic rings. The van der Waals surface area contributed by atoms with Crippen molar-refractivity contribution in [3.05, 3.63) is 48.8 Å². The first-order valence-electron chi connectivity index (χ1n) is 5.39. The molecule has 0 amide bonds. The van der Waals surface area contributed by atoms with Gasteiger partial charge in [0.2, 0.25) is 0 Å². The molecule has 7 nitrogen and oxygen atoms in total. The first kappa shape index (κ1) is 15.0. The Balaban J connectivity index is 2.30. The van der Waals surface area contributed by atoms with Crippen LogP contribution in [-0.2, 0) is 12.7 Å². The highest BCUT2D eigenvalue weighted by molar-refractivity contribution is 7.07. The fourth-order valence-corrected chi connectivity index (χ4v) is 2.06. The predicted octanol–water partition coefficient (Wildman–Crippen LogP) is 2.37. The minimum atomic E-state index is -4.71. The summed E-state index contributed by atoms with van der Waals surface area (Å²) in [5.41, 5.74) is -1.74. The van der Waals surface area contributed by atoms with E-state index in [4.69, 9.17) is 0 Å². The van der Waals surface area contributed by atoms with Gasteiger partial charge in [0.25, 0.3) is 0 Å². The van der Waals surface area contributed by atoms with Crippen molar-refractivity contribution >= 4 is 22.7 Å². The Morgan fingerprint density at radius 1 is 1.48 bits per heavy atom. The van der Waals surface area contributed by atoms with Crippen LogP contribution in [0.3, 0.4) is 0 Å². The number of nitrogens with one attached hydrogen (secondary N) is 2. The van der Waals surface area contributed by atoms with Gasteiger partial charge in [-0.25, -0.2) is 4.98 Å². The summed E-state index contributed by atoms with van der Waals surface area (Å²) < 4.78 is 37.7. The van der Waals surface area contributed by atoms with Crippen LogP contribution in [0.15, 0.2) is 22.4 Å². The maximum atomic E-state index is 12.6. The van der Waals surface area contributed by atoms with Gasteiger partial charge < -0.3 is 10.3 Å². The number of hydrogen-bond acceptors (Lipinski definition) is 6. The van der Waals surface area contributed by atoms with Crippen LogP contribution in [0.25, 0.3) is 0 Å². The molecule has 0 saturated heterocycles. The fraction of sp³-hybridized carbons (Fsp3) is 0.200. The summed E-state index contributed by atoms with van der Waals surface area (Å²) in [6, 6.07) is 0.558. The number of aromatic nitrogens is 2. The molecule has 0 unspecified atom stereocenters. The Hall–Kier alpha value is -2.43. The molecule has 0 saturated carbocycles. The molecular weight excluding hydrogens is 313 g/mol. The van der Waals surface area contributed by atoms with Crippen molar-refractivity contribution in [1.82, 2.24) is 9.97 Å². The maximum absolute atomic E-state index is 12.6. The lowest BCUT2D eigenvalue weighted by atomic mass is 10.2. The van der Waals surface area contributed by atoms with Gasteiger partial charge >= 0.3 is 16.7 Å². The topological polar surface area (TPSA) is 101 Å². The van der Waals surface area contributed by atoms with E-state index in [1.807, 2.05) is 0 Å². The first-order chi connectivity index (χ1) is 9.77. The fourth-order valence-electron chi connectivity index (χ4n) is 1.48. The molecule has 21 heavy (non-hydrogen) atoms. The SMILES string of the molecule is O=c1[nH]c(CNc2cc(C(F)(F)F)ncc2[N+](=O)[O-])cs1. The standard InChI is InChI=1S/C10H7F3N4O3S/c11-10(12,13)8-1-6(7(3-15-8)17(19)20)14-2-5-4-21-9(18)16-5/h1,3-4H,2H2,(H,14,15)(H,16,18). The molecule has 2 aromatic heterocycles. The average Bonchev–Trinajstić information content (AvgIpc) is 2.80. The monoisotopic (exact) mass is 320 g/mol. The molecule has 2 rings (SSSR count). The van der Waals surface area contributed by atoms with Crippen molar-refractivity contribution in [2.75, 3.05) is 5.32 Å². The summed E-state index contributed by atoms with van der Waals surface area (Å²) in [6.07, 6.45) is -4.16. The van der Waals surface area contributed by atoms with Gasteiger partial charge in [-0.15, -0.1) is 0 Å². The number of aromatic amines is 1. The molecule has 2 N–H and O–H groups in total. The van der Waals surface area contributed by atoms with Crippen molar-refractivity contribution in [3.63, 3.8) is 0 Å². The van der Waals surface area contributed by atoms with E-state index in [2.05, 4.69) is 15.3 Å². The second-order valence-electron chi connectivity index (χ2n) is 3.87. The third-order valence-corrected chi connectivity index (χ3v) is 3.13. The molecule has 0 spiro atoms. The van der Waals surface area contributed by atoms with Crippen LogP contribution < -0.4 is 10.2 Å². The molecule has 112 valence electrons. The highest BCUT2D eigenvalue weighted by Crippen LogP contribution is 2.32. The molecule has 2 heterocycles. The normalized spacial score (nSPS) is 11.4. The van der Waals surface area contributed by atoms with Crippen LogP contribution in [0.1, 0.15) is 11.4 Å². The van der Waals surface area contributed by atoms with Crippen LogP contribution in [-0.4, -0.2) is 14.9 Å². The second kappa shape index (κ2) is 5.52. The Kier molecular flexibility index (Phi) is 3.93. The zero-order chi connectivity index (χ0) is 15.6. The number of alkyl halides is 3. The molecule has 11 heteroatoms. The first-order valence-corrected chi connectivity index (χ1v) is 6.27. The predicted molar refractivity (Wildman–Crippen MR) is 68.2 cm³/mol. The van der Waals surface area contributed by atoms with Crippen LogP contribution >= 0.6 is 11.3 Å². The zero-order valence-corrected chi connectivity index (χ0v) is 10.9. The van der Waals surface area contributed by atoms with Crippen molar-refractivity contribution in [2.24, 2.45) is 0 Å². The van der Waals surface area contributed by atoms with E-state index < -0.39 is 22.5 Å². The number of hydrogen-bond donors (Lipinski definition) is 2. The van der Waals surface area contributed by atoms with Gasteiger partial charge in [-0.1, -0.05) is 11.3 Å². The Labute approximate surface area is 118 Å². The quantitative estimate of drug-likeness (QED) is 0.665. The molecule has 0 aliphatic heterocycles. The van der Waals surface area contributed by atoms with Crippen molar-refractivity contribution in [3.8, 4) is 0 Å². The number of nitro groups is 1. The number of rotatable bonds is 4. The summed E-state index contributed by atoms with van der Waals surface area (Å²) in [7, 11) is 0. The van der Waals surface area contributed by atoms with E-state index in [1.54, 1.807) is 0 Å². The van der Waals surface area contributed by atoms with Crippen LogP contribution in [0.2, 0.25) is 0 Å². The van der Waals surface area contributed by atoms with Crippen LogP contribution in [0, 0.1) is 10.1 Å². The van der Waals surface area contributed by atoms with Gasteiger partial charge in [-0.3, -0.25) is 14.9 Å². The smallest absolute Gasteiger partial charge is 0.374 e. The lowest BCUT2D eigenvalue weighted by Crippen LogP contribution is -2.11. The van der Waals surface area contributed by atoms with E-state index in [1.165, 1.54) is 5.38 Å². The molecule has 0 aliphatic carbocycles. The van der Waals surface area contributed by atoms with E-state index in [0.717, 1.165) is 11.3 Å². The van der Waals surface area contributed by atoms with E-state index in [9.17, 15) is 28.1 Å². The minimum absolute atomic E-state index is 0.0547. The lowest BCUT2D eigenvalue weighted by molar-refractivity contribution is -0.384. The number of pyridine rings is 1. The third-order valence-electron chi connectivity index (χ3n) is 2.41. The Morgan fingerprint density at radius 3 is 2.71 bits per heavy atom. The highest BCUT2D eigenvalue weighted by atomic mass is 32.1. The molecular formula is C10H7F3N4O3S.